The second-order valence-electron chi connectivity index (χ2n) is 15.8. The lowest BCUT2D eigenvalue weighted by Crippen LogP contribution is -2.07. The highest BCUT2D eigenvalue weighted by Crippen LogP contribution is 2.18. The van der Waals surface area contributed by atoms with Gasteiger partial charge in [0.05, 0.1) is 0 Å². The predicted octanol–water partition coefficient (Wildman–Crippen LogP) is 15.9. The molecule has 296 valence electrons. The van der Waals surface area contributed by atoms with Crippen molar-refractivity contribution in [2.45, 2.75) is 250 Å². The fourth-order valence-corrected chi connectivity index (χ4v) is 7.40. The van der Waals surface area contributed by atoms with Crippen molar-refractivity contribution in [2.24, 2.45) is 0 Å². The molecule has 1 aromatic carbocycles. The number of unbranched alkanes of at least 4 members (excludes halogenated alkanes) is 36. The van der Waals surface area contributed by atoms with Crippen molar-refractivity contribution >= 4 is 11.9 Å². The first kappa shape index (κ1) is 47.2. The number of carboxylic acid groups (broad SMARTS) is 1. The number of ether oxygens (including phenoxy) is 1. The maximum atomic E-state index is 11.9. The molecule has 0 aliphatic carbocycles. The van der Waals surface area contributed by atoms with Gasteiger partial charge in [-0.2, -0.15) is 0 Å². The Hall–Kier alpha value is -1.84. The summed E-state index contributed by atoms with van der Waals surface area (Å²) in [5.41, 5.74) is 0. The van der Waals surface area contributed by atoms with Gasteiger partial charge in [0, 0.05) is 12.8 Å². The standard InChI is InChI=1S/C47H84O4/c48-46(49)43-39-34-32-30-28-26-24-22-20-18-16-14-12-10-8-6-4-2-1-3-5-7-9-11-13-15-17-19-21-23-25-27-29-31-33-35-40-44-47(50)51-45-41-37-36-38-42-45/h36-38,41-42H,1-35,39-40,43-44H2,(H,48,49). The molecule has 0 heterocycles. The predicted molar refractivity (Wildman–Crippen MR) is 220 cm³/mol. The van der Waals surface area contributed by atoms with Crippen LogP contribution in [0, 0.1) is 0 Å². The number of esters is 1. The van der Waals surface area contributed by atoms with E-state index in [2.05, 4.69) is 0 Å². The average molecular weight is 713 g/mol. The van der Waals surface area contributed by atoms with Crippen LogP contribution in [0.25, 0.3) is 0 Å². The molecule has 1 N–H and O–H groups in total. The Morgan fingerprint density at radius 3 is 0.784 bits per heavy atom. The SMILES string of the molecule is O=C(O)CCCCCCCCCCCCCCCCCCCCCCCCCCCCCCCCCCCCCCCC(=O)Oc1ccccc1. The zero-order chi connectivity index (χ0) is 36.6. The molecule has 0 saturated carbocycles. The van der Waals surface area contributed by atoms with Crippen LogP contribution in [0.3, 0.4) is 0 Å². The maximum absolute atomic E-state index is 11.9. The van der Waals surface area contributed by atoms with Gasteiger partial charge in [-0.1, -0.05) is 243 Å². The van der Waals surface area contributed by atoms with Crippen LogP contribution in [-0.2, 0) is 9.59 Å². The van der Waals surface area contributed by atoms with E-state index in [-0.39, 0.29) is 5.97 Å². The molecule has 0 fully saturated rings. The van der Waals surface area contributed by atoms with Crippen molar-refractivity contribution in [3.8, 4) is 5.75 Å². The maximum Gasteiger partial charge on any atom is 0.311 e. The largest absolute Gasteiger partial charge is 0.481 e. The highest BCUT2D eigenvalue weighted by molar-refractivity contribution is 5.72. The van der Waals surface area contributed by atoms with Crippen molar-refractivity contribution < 1.29 is 19.4 Å². The molecule has 0 atom stereocenters. The van der Waals surface area contributed by atoms with Gasteiger partial charge in [0.25, 0.3) is 0 Å². The third kappa shape index (κ3) is 37.7. The average Bonchev–Trinajstić information content (AvgIpc) is 3.13. The summed E-state index contributed by atoms with van der Waals surface area (Å²) in [4.78, 5) is 22.4. The van der Waals surface area contributed by atoms with Crippen molar-refractivity contribution in [2.75, 3.05) is 0 Å². The fraction of sp³-hybridized carbons (Fsp3) is 0.830. The van der Waals surface area contributed by atoms with Gasteiger partial charge in [0.1, 0.15) is 5.75 Å². The first-order valence-electron chi connectivity index (χ1n) is 22.7. The first-order valence-corrected chi connectivity index (χ1v) is 22.7. The Labute approximate surface area is 317 Å². The van der Waals surface area contributed by atoms with Crippen LogP contribution in [0.5, 0.6) is 5.75 Å². The second-order valence-corrected chi connectivity index (χ2v) is 15.8. The van der Waals surface area contributed by atoms with Gasteiger partial charge in [-0.05, 0) is 25.0 Å². The molecule has 0 aliphatic rings. The minimum Gasteiger partial charge on any atom is -0.481 e. The monoisotopic (exact) mass is 713 g/mol. The van der Waals surface area contributed by atoms with Crippen LogP contribution in [-0.4, -0.2) is 17.0 Å². The van der Waals surface area contributed by atoms with Crippen LogP contribution < -0.4 is 4.74 Å². The number of rotatable bonds is 41. The Morgan fingerprint density at radius 1 is 0.333 bits per heavy atom. The second kappa shape index (κ2) is 39.4. The van der Waals surface area contributed by atoms with Crippen LogP contribution in [0.4, 0.5) is 0 Å². The minimum absolute atomic E-state index is 0.105. The molecular formula is C47H84O4. The van der Waals surface area contributed by atoms with E-state index in [0.717, 1.165) is 25.7 Å². The van der Waals surface area contributed by atoms with Gasteiger partial charge in [-0.15, -0.1) is 0 Å². The van der Waals surface area contributed by atoms with Gasteiger partial charge in [0.15, 0.2) is 0 Å². The van der Waals surface area contributed by atoms with E-state index in [0.29, 0.717) is 18.6 Å². The van der Waals surface area contributed by atoms with Crippen molar-refractivity contribution in [3.63, 3.8) is 0 Å². The molecule has 0 aromatic heterocycles. The van der Waals surface area contributed by atoms with E-state index in [4.69, 9.17) is 9.84 Å². The van der Waals surface area contributed by atoms with E-state index >= 15 is 0 Å². The van der Waals surface area contributed by atoms with Crippen molar-refractivity contribution in [3.05, 3.63) is 30.3 Å². The first-order chi connectivity index (χ1) is 25.2. The summed E-state index contributed by atoms with van der Waals surface area (Å²) in [6.07, 6.45) is 51.3. The van der Waals surface area contributed by atoms with Crippen molar-refractivity contribution in [1.82, 2.24) is 0 Å². The van der Waals surface area contributed by atoms with Crippen LogP contribution in [0.15, 0.2) is 30.3 Å². The number of benzene rings is 1. The Balaban J connectivity index is 1.63. The Kier molecular flexibility index (Phi) is 36.4. The minimum atomic E-state index is -0.652. The number of hydrogen-bond acceptors (Lipinski definition) is 3. The normalized spacial score (nSPS) is 11.3. The molecule has 1 rings (SSSR count). The summed E-state index contributed by atoms with van der Waals surface area (Å²) >= 11 is 0. The van der Waals surface area contributed by atoms with Crippen LogP contribution in [0.2, 0.25) is 0 Å². The fourth-order valence-electron chi connectivity index (χ4n) is 7.40. The topological polar surface area (TPSA) is 63.6 Å². The Bertz CT molecular complexity index is 853. The van der Waals surface area contributed by atoms with E-state index in [1.54, 1.807) is 0 Å². The van der Waals surface area contributed by atoms with E-state index in [9.17, 15) is 9.59 Å². The number of hydrogen-bond donors (Lipinski definition) is 1. The van der Waals surface area contributed by atoms with Gasteiger partial charge in [-0.3, -0.25) is 9.59 Å². The summed E-state index contributed by atoms with van der Waals surface area (Å²) < 4.78 is 5.35. The third-order valence-electron chi connectivity index (χ3n) is 10.7. The molecule has 0 saturated heterocycles. The smallest absolute Gasteiger partial charge is 0.311 e. The summed E-state index contributed by atoms with van der Waals surface area (Å²) in [6.45, 7) is 0. The van der Waals surface area contributed by atoms with E-state index in [1.807, 2.05) is 30.3 Å². The molecule has 0 radical (unpaired) electrons. The lowest BCUT2D eigenvalue weighted by Gasteiger charge is -2.05. The molecule has 51 heavy (non-hydrogen) atoms. The number of carbonyl (C=O) groups is 2. The highest BCUT2D eigenvalue weighted by Gasteiger charge is 2.04. The van der Waals surface area contributed by atoms with Crippen LogP contribution in [0.1, 0.15) is 250 Å². The number of carboxylic acids is 1. The van der Waals surface area contributed by atoms with Gasteiger partial charge >= 0.3 is 11.9 Å². The molecule has 0 unspecified atom stereocenters. The number of aliphatic carboxylic acids is 1. The van der Waals surface area contributed by atoms with Gasteiger partial charge in [0.2, 0.25) is 0 Å². The van der Waals surface area contributed by atoms with Crippen LogP contribution >= 0.6 is 0 Å². The quantitative estimate of drug-likeness (QED) is 0.0417. The summed E-state index contributed by atoms with van der Waals surface area (Å²) in [6, 6.07) is 9.38. The summed E-state index contributed by atoms with van der Waals surface area (Å²) in [5.74, 6) is -0.104. The molecule has 0 aliphatic heterocycles. The molecule has 0 spiro atoms. The zero-order valence-corrected chi connectivity index (χ0v) is 33.6. The molecular weight excluding hydrogens is 629 g/mol. The number of carbonyl (C=O) groups excluding carboxylic acids is 1. The molecule has 0 bridgehead atoms. The molecule has 4 nitrogen and oxygen atoms in total. The lowest BCUT2D eigenvalue weighted by molar-refractivity contribution is -0.137. The molecule has 0 amide bonds. The third-order valence-corrected chi connectivity index (χ3v) is 10.7. The molecule has 4 heteroatoms. The highest BCUT2D eigenvalue weighted by atomic mass is 16.5. The summed E-state index contributed by atoms with van der Waals surface area (Å²) in [7, 11) is 0. The van der Waals surface area contributed by atoms with Crippen molar-refractivity contribution in [1.29, 1.82) is 0 Å². The van der Waals surface area contributed by atoms with Gasteiger partial charge < -0.3 is 9.84 Å². The Morgan fingerprint density at radius 2 is 0.549 bits per heavy atom. The summed E-state index contributed by atoms with van der Waals surface area (Å²) in [5, 5.41) is 8.66. The zero-order valence-electron chi connectivity index (χ0n) is 33.6. The van der Waals surface area contributed by atoms with Gasteiger partial charge in [-0.25, -0.2) is 0 Å². The number of para-hydroxylation sites is 1. The molecule has 1 aromatic rings. The van der Waals surface area contributed by atoms with E-state index < -0.39 is 5.97 Å². The lowest BCUT2D eigenvalue weighted by atomic mass is 10.0. The van der Waals surface area contributed by atoms with E-state index in [1.165, 1.54) is 212 Å².